The number of hydrogen-bond acceptors (Lipinski definition) is 4. The molecule has 4 heteroatoms. The van der Waals surface area contributed by atoms with Crippen molar-refractivity contribution >= 4 is 5.96 Å². The van der Waals surface area contributed by atoms with E-state index in [1.54, 1.807) is 0 Å². The molecule has 1 aliphatic rings. The van der Waals surface area contributed by atoms with Gasteiger partial charge in [-0.15, -0.1) is 0 Å². The van der Waals surface area contributed by atoms with Crippen molar-refractivity contribution in [1.82, 2.24) is 10.2 Å². The Morgan fingerprint density at radius 2 is 2.67 bits per heavy atom. The van der Waals surface area contributed by atoms with Gasteiger partial charge in [0.2, 0.25) is 0 Å². The van der Waals surface area contributed by atoms with Gasteiger partial charge in [-0.05, 0) is 6.54 Å². The topological polar surface area (TPSA) is 53.6 Å². The van der Waals surface area contributed by atoms with Gasteiger partial charge in [0.05, 0.1) is 13.3 Å². The van der Waals surface area contributed by atoms with Gasteiger partial charge in [-0.1, -0.05) is 6.92 Å². The number of guanidine groups is 1. The highest BCUT2D eigenvalue weighted by atomic mass is 15.3. The predicted molar refractivity (Wildman–Crippen MR) is 36.9 cm³/mol. The van der Waals surface area contributed by atoms with Crippen LogP contribution in [0.3, 0.4) is 0 Å². The van der Waals surface area contributed by atoms with Crippen molar-refractivity contribution in [2.24, 2.45) is 10.7 Å². The standard InChI is InChI=1S/C5H12N4/c1-2-9-3-7-5(6)8-4-9/h2-4H2,1H3,(H3,6,7,8). The van der Waals surface area contributed by atoms with Crippen molar-refractivity contribution in [2.45, 2.75) is 6.92 Å². The van der Waals surface area contributed by atoms with Crippen molar-refractivity contribution in [2.75, 3.05) is 19.9 Å². The van der Waals surface area contributed by atoms with Crippen molar-refractivity contribution < 1.29 is 0 Å². The van der Waals surface area contributed by atoms with E-state index in [4.69, 9.17) is 5.73 Å². The summed E-state index contributed by atoms with van der Waals surface area (Å²) in [4.78, 5) is 6.14. The van der Waals surface area contributed by atoms with Crippen LogP contribution in [0.15, 0.2) is 4.99 Å². The molecule has 0 radical (unpaired) electrons. The lowest BCUT2D eigenvalue weighted by molar-refractivity contribution is 0.278. The minimum atomic E-state index is 0.555. The molecule has 0 saturated heterocycles. The van der Waals surface area contributed by atoms with Crippen molar-refractivity contribution in [3.05, 3.63) is 0 Å². The summed E-state index contributed by atoms with van der Waals surface area (Å²) in [5, 5.41) is 2.94. The lowest BCUT2D eigenvalue weighted by atomic mass is 10.6. The molecule has 0 atom stereocenters. The molecule has 1 aliphatic heterocycles. The van der Waals surface area contributed by atoms with Crippen LogP contribution in [-0.2, 0) is 0 Å². The zero-order valence-corrected chi connectivity index (χ0v) is 5.59. The number of aliphatic imine (C=N–C) groups is 1. The Morgan fingerprint density at radius 1 is 1.89 bits per heavy atom. The zero-order chi connectivity index (χ0) is 6.69. The lowest BCUT2D eigenvalue weighted by Crippen LogP contribution is -2.46. The molecular formula is C5H12N4. The average molecular weight is 128 g/mol. The summed E-state index contributed by atoms with van der Waals surface area (Å²) in [7, 11) is 0. The smallest absolute Gasteiger partial charge is 0.190 e. The number of nitrogens with zero attached hydrogens (tertiary/aromatic N) is 2. The Balaban J connectivity index is 2.36. The van der Waals surface area contributed by atoms with E-state index in [9.17, 15) is 0 Å². The first-order chi connectivity index (χ1) is 4.33. The molecule has 0 unspecified atom stereocenters. The molecule has 0 aromatic heterocycles. The first-order valence-corrected chi connectivity index (χ1v) is 3.09. The highest BCUT2D eigenvalue weighted by Gasteiger charge is 2.05. The fourth-order valence-electron chi connectivity index (χ4n) is 0.687. The maximum atomic E-state index is 5.36. The van der Waals surface area contributed by atoms with Crippen LogP contribution in [0.4, 0.5) is 0 Å². The molecule has 0 bridgehead atoms. The van der Waals surface area contributed by atoms with E-state index in [1.165, 1.54) is 0 Å². The van der Waals surface area contributed by atoms with Gasteiger partial charge in [-0.25, -0.2) is 4.99 Å². The molecule has 1 rings (SSSR count). The minimum absolute atomic E-state index is 0.555. The van der Waals surface area contributed by atoms with Gasteiger partial charge in [-0.2, -0.15) is 0 Å². The van der Waals surface area contributed by atoms with Crippen LogP contribution >= 0.6 is 0 Å². The summed E-state index contributed by atoms with van der Waals surface area (Å²) < 4.78 is 0. The van der Waals surface area contributed by atoms with Crippen LogP contribution in [0.5, 0.6) is 0 Å². The van der Waals surface area contributed by atoms with Gasteiger partial charge < -0.3 is 11.1 Å². The molecule has 0 aromatic rings. The molecule has 0 saturated carbocycles. The summed E-state index contributed by atoms with van der Waals surface area (Å²) in [5.41, 5.74) is 5.36. The third-order valence-electron chi connectivity index (χ3n) is 1.37. The molecule has 1 heterocycles. The van der Waals surface area contributed by atoms with Gasteiger partial charge in [-0.3, -0.25) is 4.90 Å². The van der Waals surface area contributed by atoms with Gasteiger partial charge in [0, 0.05) is 0 Å². The van der Waals surface area contributed by atoms with Crippen LogP contribution in [0.25, 0.3) is 0 Å². The quantitative estimate of drug-likeness (QED) is 0.483. The number of hydrogen-bond donors (Lipinski definition) is 2. The maximum absolute atomic E-state index is 5.36. The van der Waals surface area contributed by atoms with Gasteiger partial charge in [0.15, 0.2) is 5.96 Å². The van der Waals surface area contributed by atoms with E-state index < -0.39 is 0 Å². The summed E-state index contributed by atoms with van der Waals surface area (Å²) in [6.45, 7) is 4.67. The van der Waals surface area contributed by atoms with E-state index in [2.05, 4.69) is 22.1 Å². The van der Waals surface area contributed by atoms with E-state index >= 15 is 0 Å². The third kappa shape index (κ3) is 1.57. The molecule has 52 valence electrons. The summed E-state index contributed by atoms with van der Waals surface area (Å²) >= 11 is 0. The Labute approximate surface area is 54.7 Å². The summed E-state index contributed by atoms with van der Waals surface area (Å²) in [5.74, 6) is 0.555. The third-order valence-corrected chi connectivity index (χ3v) is 1.37. The fraction of sp³-hybridized carbons (Fsp3) is 0.800. The Hall–Kier alpha value is -0.770. The van der Waals surface area contributed by atoms with Gasteiger partial charge in [0.25, 0.3) is 0 Å². The van der Waals surface area contributed by atoms with Crippen LogP contribution in [0, 0.1) is 0 Å². The van der Waals surface area contributed by atoms with Crippen molar-refractivity contribution in [3.8, 4) is 0 Å². The molecule has 0 aliphatic carbocycles. The molecule has 0 spiro atoms. The lowest BCUT2D eigenvalue weighted by Gasteiger charge is -2.23. The van der Waals surface area contributed by atoms with Crippen LogP contribution in [0.1, 0.15) is 6.92 Å². The highest BCUT2D eigenvalue weighted by Crippen LogP contribution is 1.88. The van der Waals surface area contributed by atoms with Gasteiger partial charge >= 0.3 is 0 Å². The highest BCUT2D eigenvalue weighted by molar-refractivity contribution is 5.78. The fourth-order valence-corrected chi connectivity index (χ4v) is 0.687. The molecule has 0 aromatic carbocycles. The maximum Gasteiger partial charge on any atom is 0.190 e. The summed E-state index contributed by atoms with van der Waals surface area (Å²) in [6, 6.07) is 0. The van der Waals surface area contributed by atoms with Gasteiger partial charge in [0.1, 0.15) is 0 Å². The largest absolute Gasteiger partial charge is 0.370 e. The normalized spacial score (nSPS) is 20.8. The Bertz CT molecular complexity index is 120. The van der Waals surface area contributed by atoms with E-state index in [-0.39, 0.29) is 0 Å². The van der Waals surface area contributed by atoms with Crippen LogP contribution in [-0.4, -0.2) is 30.7 Å². The van der Waals surface area contributed by atoms with E-state index in [0.29, 0.717) is 5.96 Å². The van der Waals surface area contributed by atoms with E-state index in [1.807, 2.05) is 0 Å². The van der Waals surface area contributed by atoms with Crippen LogP contribution in [0.2, 0.25) is 0 Å². The Kier molecular flexibility index (Phi) is 1.89. The predicted octanol–water partition coefficient (Wildman–Crippen LogP) is -0.859. The minimum Gasteiger partial charge on any atom is -0.370 e. The monoisotopic (exact) mass is 128 g/mol. The molecule has 0 fully saturated rings. The van der Waals surface area contributed by atoms with Crippen molar-refractivity contribution in [3.63, 3.8) is 0 Å². The molecule has 4 nitrogen and oxygen atoms in total. The first-order valence-electron chi connectivity index (χ1n) is 3.09. The summed E-state index contributed by atoms with van der Waals surface area (Å²) in [6.07, 6.45) is 0. The number of rotatable bonds is 1. The number of nitrogens with two attached hydrogens (primary N) is 1. The Morgan fingerprint density at radius 3 is 3.11 bits per heavy atom. The molecule has 0 amide bonds. The number of nitrogens with one attached hydrogen (secondary N) is 1. The van der Waals surface area contributed by atoms with E-state index in [0.717, 1.165) is 19.9 Å². The molecule has 3 N–H and O–H groups in total. The average Bonchev–Trinajstić information content (AvgIpc) is 1.90. The second-order valence-corrected chi connectivity index (χ2v) is 2.01. The SMILES string of the molecule is CCN1CN=C(N)NC1. The molecular weight excluding hydrogens is 116 g/mol. The second kappa shape index (κ2) is 2.68. The molecule has 9 heavy (non-hydrogen) atoms. The zero-order valence-electron chi connectivity index (χ0n) is 5.59. The van der Waals surface area contributed by atoms with Crippen molar-refractivity contribution in [1.29, 1.82) is 0 Å². The second-order valence-electron chi connectivity index (χ2n) is 2.01. The first kappa shape index (κ1) is 6.35. The van der Waals surface area contributed by atoms with Crippen LogP contribution < -0.4 is 11.1 Å².